The summed E-state index contributed by atoms with van der Waals surface area (Å²) in [7, 11) is 2.25. The molecular formula is C14H30N2. The number of nitrogens with zero attached hydrogens (tertiary/aromatic N) is 1. The van der Waals surface area contributed by atoms with Gasteiger partial charge in [0.1, 0.15) is 0 Å². The van der Waals surface area contributed by atoms with Crippen LogP contribution in [0, 0.1) is 5.92 Å². The van der Waals surface area contributed by atoms with Crippen LogP contribution in [0.15, 0.2) is 0 Å². The van der Waals surface area contributed by atoms with E-state index in [0.29, 0.717) is 0 Å². The molecule has 2 nitrogen and oxygen atoms in total. The molecule has 0 aromatic carbocycles. The first-order valence-corrected chi connectivity index (χ1v) is 7.22. The van der Waals surface area contributed by atoms with Gasteiger partial charge >= 0.3 is 0 Å². The molecule has 2 heteroatoms. The lowest BCUT2D eigenvalue weighted by molar-refractivity contribution is 0.285. The van der Waals surface area contributed by atoms with Crippen LogP contribution in [0.5, 0.6) is 0 Å². The van der Waals surface area contributed by atoms with Gasteiger partial charge in [-0.1, -0.05) is 39.0 Å². The average Bonchev–Trinajstić information content (AvgIpc) is 2.31. The molecule has 1 N–H and O–H groups in total. The molecule has 0 aromatic heterocycles. The number of nitrogens with one attached hydrogen (secondary N) is 1. The maximum Gasteiger partial charge on any atom is 0.0104 e. The summed E-state index contributed by atoms with van der Waals surface area (Å²) in [6, 6.07) is 0. The van der Waals surface area contributed by atoms with Crippen molar-refractivity contribution in [3.63, 3.8) is 0 Å². The molecule has 1 aliphatic carbocycles. The minimum absolute atomic E-state index is 1.05. The van der Waals surface area contributed by atoms with Gasteiger partial charge in [-0.2, -0.15) is 0 Å². The second-order valence-corrected chi connectivity index (χ2v) is 5.30. The fourth-order valence-corrected chi connectivity index (χ4v) is 2.68. The molecule has 0 aliphatic heterocycles. The van der Waals surface area contributed by atoms with E-state index in [4.69, 9.17) is 0 Å². The quantitative estimate of drug-likeness (QED) is 0.640. The van der Waals surface area contributed by atoms with Gasteiger partial charge < -0.3 is 10.2 Å². The van der Waals surface area contributed by atoms with E-state index in [0.717, 1.165) is 19.0 Å². The molecule has 96 valence electrons. The van der Waals surface area contributed by atoms with Crippen LogP contribution in [0.1, 0.15) is 51.9 Å². The van der Waals surface area contributed by atoms with Crippen LogP contribution >= 0.6 is 0 Å². The Labute approximate surface area is 102 Å². The highest BCUT2D eigenvalue weighted by Gasteiger charge is 2.12. The van der Waals surface area contributed by atoms with Crippen molar-refractivity contribution in [1.82, 2.24) is 10.2 Å². The van der Waals surface area contributed by atoms with Crippen molar-refractivity contribution in [3.05, 3.63) is 0 Å². The highest BCUT2D eigenvalue weighted by Crippen LogP contribution is 2.27. The van der Waals surface area contributed by atoms with E-state index in [1.165, 1.54) is 58.0 Å². The van der Waals surface area contributed by atoms with Crippen molar-refractivity contribution in [3.8, 4) is 0 Å². The Bertz CT molecular complexity index is 153. The molecule has 0 bridgehead atoms. The largest absolute Gasteiger partial charge is 0.316 e. The zero-order chi connectivity index (χ0) is 11.6. The summed E-state index contributed by atoms with van der Waals surface area (Å²) in [6.07, 6.45) is 10.3. The molecule has 0 unspecified atom stereocenters. The molecule has 16 heavy (non-hydrogen) atoms. The van der Waals surface area contributed by atoms with Gasteiger partial charge in [0.05, 0.1) is 0 Å². The van der Waals surface area contributed by atoms with Crippen LogP contribution in [0.4, 0.5) is 0 Å². The molecule has 1 aliphatic rings. The van der Waals surface area contributed by atoms with E-state index >= 15 is 0 Å². The van der Waals surface area contributed by atoms with E-state index in [-0.39, 0.29) is 0 Å². The standard InChI is InChI=1S/C14H30N2/c1-3-15-11-13-16(2)12-7-10-14-8-5-4-6-9-14/h14-15H,3-13H2,1-2H3. The molecule has 1 fully saturated rings. The highest BCUT2D eigenvalue weighted by atomic mass is 15.1. The Hall–Kier alpha value is -0.0800. The van der Waals surface area contributed by atoms with Crippen molar-refractivity contribution < 1.29 is 0 Å². The van der Waals surface area contributed by atoms with Crippen LogP contribution in [-0.2, 0) is 0 Å². The molecule has 0 heterocycles. The van der Waals surface area contributed by atoms with Gasteiger partial charge in [0.15, 0.2) is 0 Å². The molecule has 0 atom stereocenters. The Kier molecular flexibility index (Phi) is 7.87. The topological polar surface area (TPSA) is 15.3 Å². The SMILES string of the molecule is CCNCCN(C)CCCC1CCCCC1. The van der Waals surface area contributed by atoms with E-state index in [1.54, 1.807) is 0 Å². The predicted octanol–water partition coefficient (Wildman–Crippen LogP) is 2.89. The zero-order valence-corrected chi connectivity index (χ0v) is 11.3. The van der Waals surface area contributed by atoms with Gasteiger partial charge in [-0.15, -0.1) is 0 Å². The summed E-state index contributed by atoms with van der Waals surface area (Å²) in [5, 5.41) is 3.38. The van der Waals surface area contributed by atoms with Gasteiger partial charge in [0.2, 0.25) is 0 Å². The third-order valence-electron chi connectivity index (χ3n) is 3.80. The van der Waals surface area contributed by atoms with E-state index in [1.807, 2.05) is 0 Å². The van der Waals surface area contributed by atoms with Crippen LogP contribution < -0.4 is 5.32 Å². The number of hydrogen-bond acceptors (Lipinski definition) is 2. The summed E-state index contributed by atoms with van der Waals surface area (Å²) in [5.74, 6) is 1.05. The summed E-state index contributed by atoms with van der Waals surface area (Å²) in [5.41, 5.74) is 0. The first-order valence-electron chi connectivity index (χ1n) is 7.22. The van der Waals surface area contributed by atoms with Crippen molar-refractivity contribution in [2.75, 3.05) is 33.2 Å². The van der Waals surface area contributed by atoms with E-state index in [2.05, 4.69) is 24.2 Å². The van der Waals surface area contributed by atoms with Crippen LogP contribution in [0.2, 0.25) is 0 Å². The van der Waals surface area contributed by atoms with Gasteiger partial charge in [-0.05, 0) is 38.9 Å². The van der Waals surface area contributed by atoms with Crippen LogP contribution in [0.3, 0.4) is 0 Å². The summed E-state index contributed by atoms with van der Waals surface area (Å²) in [6.45, 7) is 6.87. The molecule has 0 aromatic rings. The monoisotopic (exact) mass is 226 g/mol. The van der Waals surface area contributed by atoms with Gasteiger partial charge in [0.25, 0.3) is 0 Å². The lowest BCUT2D eigenvalue weighted by atomic mass is 9.86. The Balaban J connectivity index is 1.92. The number of hydrogen-bond donors (Lipinski definition) is 1. The van der Waals surface area contributed by atoms with E-state index < -0.39 is 0 Å². The number of likely N-dealkylation sites (N-methyl/N-ethyl adjacent to an activating group) is 2. The minimum Gasteiger partial charge on any atom is -0.316 e. The van der Waals surface area contributed by atoms with Gasteiger partial charge in [-0.25, -0.2) is 0 Å². The van der Waals surface area contributed by atoms with Crippen LogP contribution in [-0.4, -0.2) is 38.1 Å². The lowest BCUT2D eigenvalue weighted by Crippen LogP contribution is -2.30. The molecule has 0 saturated heterocycles. The second-order valence-electron chi connectivity index (χ2n) is 5.30. The second kappa shape index (κ2) is 9.00. The summed E-state index contributed by atoms with van der Waals surface area (Å²) < 4.78 is 0. The van der Waals surface area contributed by atoms with Crippen molar-refractivity contribution in [1.29, 1.82) is 0 Å². The van der Waals surface area contributed by atoms with Crippen molar-refractivity contribution >= 4 is 0 Å². The molecule has 0 spiro atoms. The normalized spacial score (nSPS) is 18.2. The fourth-order valence-electron chi connectivity index (χ4n) is 2.68. The third kappa shape index (κ3) is 6.49. The van der Waals surface area contributed by atoms with Gasteiger partial charge in [0, 0.05) is 13.1 Å². The first-order chi connectivity index (χ1) is 7.83. The zero-order valence-electron chi connectivity index (χ0n) is 11.3. The highest BCUT2D eigenvalue weighted by molar-refractivity contribution is 4.66. The van der Waals surface area contributed by atoms with Gasteiger partial charge in [-0.3, -0.25) is 0 Å². The molecular weight excluding hydrogens is 196 g/mol. The Morgan fingerprint density at radius 2 is 1.88 bits per heavy atom. The predicted molar refractivity (Wildman–Crippen MR) is 71.8 cm³/mol. The van der Waals surface area contributed by atoms with Crippen molar-refractivity contribution in [2.45, 2.75) is 51.9 Å². The smallest absolute Gasteiger partial charge is 0.0104 e. The summed E-state index contributed by atoms with van der Waals surface area (Å²) in [4.78, 5) is 2.46. The molecule has 0 amide bonds. The maximum atomic E-state index is 3.38. The summed E-state index contributed by atoms with van der Waals surface area (Å²) >= 11 is 0. The molecule has 1 saturated carbocycles. The molecule has 0 radical (unpaired) electrons. The fraction of sp³-hybridized carbons (Fsp3) is 1.00. The Morgan fingerprint density at radius 1 is 1.12 bits per heavy atom. The lowest BCUT2D eigenvalue weighted by Gasteiger charge is -2.23. The minimum atomic E-state index is 1.05. The number of rotatable bonds is 8. The Morgan fingerprint density at radius 3 is 2.56 bits per heavy atom. The third-order valence-corrected chi connectivity index (χ3v) is 3.80. The van der Waals surface area contributed by atoms with Crippen LogP contribution in [0.25, 0.3) is 0 Å². The van der Waals surface area contributed by atoms with E-state index in [9.17, 15) is 0 Å². The maximum absolute atomic E-state index is 3.38. The van der Waals surface area contributed by atoms with Crippen molar-refractivity contribution in [2.24, 2.45) is 5.92 Å². The molecule has 1 rings (SSSR count). The average molecular weight is 226 g/mol. The first kappa shape index (κ1) is 14.0.